The average molecular weight is 608 g/mol. The minimum Gasteiger partial charge on any atom is -0.406 e. The fourth-order valence-corrected chi connectivity index (χ4v) is 5.57. The first-order chi connectivity index (χ1) is 20.6. The van der Waals surface area contributed by atoms with Crippen molar-refractivity contribution in [3.8, 4) is 22.8 Å². The summed E-state index contributed by atoms with van der Waals surface area (Å²) in [4.78, 5) is 23.3. The van der Waals surface area contributed by atoms with Crippen LogP contribution >= 0.6 is 11.8 Å². The topological polar surface area (TPSA) is 97.0 Å². The first-order valence-corrected chi connectivity index (χ1v) is 14.4. The van der Waals surface area contributed by atoms with E-state index < -0.39 is 12.4 Å². The largest absolute Gasteiger partial charge is 0.573 e. The number of alkyl halides is 3. The molecule has 1 aliphatic rings. The number of aliphatic imine (C=N–C) groups is 1. The zero-order valence-corrected chi connectivity index (χ0v) is 24.4. The van der Waals surface area contributed by atoms with Crippen LogP contribution in [0.25, 0.3) is 17.1 Å². The molecule has 9 nitrogen and oxygen atoms in total. The lowest BCUT2D eigenvalue weighted by Crippen LogP contribution is -2.33. The molecule has 0 bridgehead atoms. The van der Waals surface area contributed by atoms with E-state index in [1.54, 1.807) is 36.0 Å². The highest BCUT2D eigenvalue weighted by Crippen LogP contribution is 2.33. The summed E-state index contributed by atoms with van der Waals surface area (Å²) in [6.07, 6.45) is -0.902. The van der Waals surface area contributed by atoms with Crippen molar-refractivity contribution in [3.05, 3.63) is 89.7 Å². The third-order valence-corrected chi connectivity index (χ3v) is 7.74. The van der Waals surface area contributed by atoms with Crippen molar-refractivity contribution < 1.29 is 22.7 Å². The summed E-state index contributed by atoms with van der Waals surface area (Å²) in [6, 6.07) is 18.5. The zero-order chi connectivity index (χ0) is 30.6. The van der Waals surface area contributed by atoms with Crippen molar-refractivity contribution >= 4 is 34.9 Å². The molecule has 222 valence electrons. The summed E-state index contributed by atoms with van der Waals surface area (Å²) in [7, 11) is 0. The summed E-state index contributed by atoms with van der Waals surface area (Å²) in [5.41, 5.74) is 7.86. The van der Waals surface area contributed by atoms with Crippen molar-refractivity contribution in [2.45, 2.75) is 39.6 Å². The highest BCUT2D eigenvalue weighted by Gasteiger charge is 2.31. The van der Waals surface area contributed by atoms with E-state index in [1.807, 2.05) is 6.92 Å². The molecule has 1 aromatic heterocycles. The van der Waals surface area contributed by atoms with Gasteiger partial charge in [-0.05, 0) is 67.3 Å². The molecule has 4 aromatic rings. The molecule has 1 unspecified atom stereocenters. The van der Waals surface area contributed by atoms with Crippen LogP contribution < -0.4 is 15.1 Å². The molecule has 1 atom stereocenters. The van der Waals surface area contributed by atoms with E-state index in [4.69, 9.17) is 0 Å². The number of nitrogens with one attached hydrogen (secondary N) is 1. The Labute approximate surface area is 250 Å². The number of carbonyl (C=O) groups excluding carboxylic acids is 1. The Balaban J connectivity index is 1.20. The second kappa shape index (κ2) is 12.7. The van der Waals surface area contributed by atoms with Gasteiger partial charge in [0.05, 0.1) is 11.9 Å². The van der Waals surface area contributed by atoms with Crippen LogP contribution in [0.1, 0.15) is 30.5 Å². The van der Waals surface area contributed by atoms with Gasteiger partial charge in [-0.2, -0.15) is 10.1 Å². The van der Waals surface area contributed by atoms with Crippen molar-refractivity contribution in [1.29, 1.82) is 0 Å². The molecule has 2 heterocycles. The van der Waals surface area contributed by atoms with Gasteiger partial charge in [-0.3, -0.25) is 0 Å². The number of amides is 2. The number of urea groups is 1. The van der Waals surface area contributed by atoms with Crippen LogP contribution in [0.15, 0.2) is 83.2 Å². The predicted octanol–water partition coefficient (Wildman–Crippen LogP) is 6.75. The number of hydrogen-bond donors (Lipinski definition) is 1. The SMILES string of the molecule is CCc1ccc(C)cc1N1/C(=N/C(=O)N/N=C/c2ccc(-c3ncn(-c4ccc(OC(F)(F)F)cc4)n3)cc2)SCC1C. The number of benzene rings is 3. The fourth-order valence-electron chi connectivity index (χ4n) is 4.46. The van der Waals surface area contributed by atoms with E-state index in [-0.39, 0.29) is 11.8 Å². The number of hydrogen-bond acceptors (Lipinski definition) is 6. The lowest BCUT2D eigenvalue weighted by atomic mass is 10.1. The van der Waals surface area contributed by atoms with Crippen LogP contribution in [0.4, 0.5) is 23.7 Å². The lowest BCUT2D eigenvalue weighted by molar-refractivity contribution is -0.274. The molecule has 1 aliphatic heterocycles. The Morgan fingerprint density at radius 3 is 2.58 bits per heavy atom. The third kappa shape index (κ3) is 7.41. The number of halogens is 3. The first-order valence-electron chi connectivity index (χ1n) is 13.4. The van der Waals surface area contributed by atoms with E-state index >= 15 is 0 Å². The van der Waals surface area contributed by atoms with Gasteiger partial charge in [0, 0.05) is 23.0 Å². The molecule has 1 saturated heterocycles. The number of ether oxygens (including phenoxy) is 1. The van der Waals surface area contributed by atoms with Crippen LogP contribution in [0.3, 0.4) is 0 Å². The van der Waals surface area contributed by atoms with Gasteiger partial charge in [0.15, 0.2) is 11.0 Å². The number of aryl methyl sites for hydroxylation is 2. The smallest absolute Gasteiger partial charge is 0.406 e. The van der Waals surface area contributed by atoms with Gasteiger partial charge < -0.3 is 9.64 Å². The van der Waals surface area contributed by atoms with Gasteiger partial charge in [0.1, 0.15) is 12.1 Å². The number of rotatable bonds is 7. The highest BCUT2D eigenvalue weighted by atomic mass is 32.2. The number of anilines is 1. The summed E-state index contributed by atoms with van der Waals surface area (Å²) in [6.45, 7) is 6.28. The van der Waals surface area contributed by atoms with Gasteiger partial charge in [0.25, 0.3) is 0 Å². The maximum Gasteiger partial charge on any atom is 0.573 e. The maximum absolute atomic E-state index is 12.6. The Morgan fingerprint density at radius 1 is 1.14 bits per heavy atom. The number of amidine groups is 1. The second-order valence-corrected chi connectivity index (χ2v) is 10.7. The van der Waals surface area contributed by atoms with E-state index in [1.165, 1.54) is 47.1 Å². The van der Waals surface area contributed by atoms with E-state index in [0.29, 0.717) is 16.7 Å². The number of nitrogens with zero attached hydrogens (tertiary/aromatic N) is 6. The molecule has 43 heavy (non-hydrogen) atoms. The second-order valence-electron chi connectivity index (χ2n) is 9.76. The number of thioether (sulfide) groups is 1. The Morgan fingerprint density at radius 2 is 1.88 bits per heavy atom. The first kappa shape index (κ1) is 29.8. The standard InChI is InChI=1S/C30H28F3N7O2S/c1-4-22-8-5-19(2)15-26(22)40-20(3)17-43-29(40)36-28(41)37-35-16-21-6-9-23(10-7-21)27-34-18-39(38-27)24-11-13-25(14-12-24)42-30(31,32)33/h5-16,18,20H,4,17H2,1-3H3,(H,37,41)/b35-16+,36-29-. The molecule has 0 radical (unpaired) electrons. The van der Waals surface area contributed by atoms with Crippen LogP contribution in [-0.4, -0.2) is 50.3 Å². The van der Waals surface area contributed by atoms with Crippen molar-refractivity contribution in [2.24, 2.45) is 10.1 Å². The van der Waals surface area contributed by atoms with Crippen LogP contribution in [0.5, 0.6) is 5.75 Å². The quantitative estimate of drug-likeness (QED) is 0.185. The van der Waals surface area contributed by atoms with E-state index in [2.05, 4.69) is 67.3 Å². The molecular weight excluding hydrogens is 579 g/mol. The monoisotopic (exact) mass is 607 g/mol. The molecule has 5 rings (SSSR count). The van der Waals surface area contributed by atoms with Gasteiger partial charge in [-0.1, -0.05) is 55.1 Å². The summed E-state index contributed by atoms with van der Waals surface area (Å²) in [5.74, 6) is 0.935. The summed E-state index contributed by atoms with van der Waals surface area (Å²) < 4.78 is 42.5. The molecule has 1 fully saturated rings. The van der Waals surface area contributed by atoms with Gasteiger partial charge in [-0.15, -0.1) is 18.3 Å². The normalized spacial score (nSPS) is 16.3. The molecule has 0 spiro atoms. The number of carbonyl (C=O) groups is 1. The van der Waals surface area contributed by atoms with Gasteiger partial charge >= 0.3 is 12.4 Å². The van der Waals surface area contributed by atoms with Crippen LogP contribution in [0.2, 0.25) is 0 Å². The van der Waals surface area contributed by atoms with E-state index in [0.717, 1.165) is 34.6 Å². The molecule has 0 aliphatic carbocycles. The van der Waals surface area contributed by atoms with Crippen LogP contribution in [-0.2, 0) is 6.42 Å². The molecule has 3 aromatic carbocycles. The number of hydrazone groups is 1. The van der Waals surface area contributed by atoms with Crippen molar-refractivity contribution in [3.63, 3.8) is 0 Å². The maximum atomic E-state index is 12.6. The van der Waals surface area contributed by atoms with Crippen molar-refractivity contribution in [2.75, 3.05) is 10.7 Å². The molecular formula is C30H28F3N7O2S. The lowest BCUT2D eigenvalue weighted by Gasteiger charge is -2.26. The highest BCUT2D eigenvalue weighted by molar-refractivity contribution is 8.14. The van der Waals surface area contributed by atoms with Crippen LogP contribution in [0, 0.1) is 6.92 Å². The summed E-state index contributed by atoms with van der Waals surface area (Å²) in [5, 5.41) is 9.09. The fraction of sp³-hybridized carbons (Fsp3) is 0.233. The number of aromatic nitrogens is 3. The van der Waals surface area contributed by atoms with Gasteiger partial charge in [0.2, 0.25) is 0 Å². The zero-order valence-electron chi connectivity index (χ0n) is 23.5. The molecule has 0 saturated carbocycles. The van der Waals surface area contributed by atoms with Crippen molar-refractivity contribution in [1.82, 2.24) is 20.2 Å². The Hall–Kier alpha value is -4.65. The average Bonchev–Trinajstić information content (AvgIpc) is 3.60. The minimum atomic E-state index is -4.75. The Kier molecular flexibility index (Phi) is 8.81. The third-order valence-electron chi connectivity index (χ3n) is 6.55. The molecule has 1 N–H and O–H groups in total. The molecule has 2 amide bonds. The van der Waals surface area contributed by atoms with E-state index in [9.17, 15) is 18.0 Å². The molecule has 13 heteroatoms. The Bertz CT molecular complexity index is 1650. The predicted molar refractivity (Wildman–Crippen MR) is 162 cm³/mol. The summed E-state index contributed by atoms with van der Waals surface area (Å²) >= 11 is 1.54. The minimum absolute atomic E-state index is 0.199. The van der Waals surface area contributed by atoms with Gasteiger partial charge in [-0.25, -0.2) is 19.9 Å².